The monoisotopic (exact) mass is 491 g/mol. The van der Waals surface area contributed by atoms with Crippen LogP contribution in [0.15, 0.2) is 12.1 Å². The lowest BCUT2D eigenvalue weighted by Crippen LogP contribution is -2.51. The fourth-order valence-corrected chi connectivity index (χ4v) is 5.47. The second-order valence-electron chi connectivity index (χ2n) is 9.78. The van der Waals surface area contributed by atoms with Crippen molar-refractivity contribution in [3.63, 3.8) is 0 Å². The third-order valence-electron chi connectivity index (χ3n) is 7.33. The minimum absolute atomic E-state index is 0.0682. The zero-order chi connectivity index (χ0) is 24.5. The SMILES string of the molecule is CN1CCCn2c(-c3cc(F)c(F)cc3F)nc(C(=O)N3CCCCC3CN3CCOCC3)c2C1. The van der Waals surface area contributed by atoms with Crippen LogP contribution < -0.4 is 0 Å². The molecule has 1 unspecified atom stereocenters. The molecule has 3 aliphatic rings. The number of aromatic nitrogens is 2. The Bertz CT molecular complexity index is 1090. The molecular weight excluding hydrogens is 459 g/mol. The van der Waals surface area contributed by atoms with Crippen molar-refractivity contribution >= 4 is 5.91 Å². The molecule has 7 nitrogen and oxygen atoms in total. The average Bonchev–Trinajstić information content (AvgIpc) is 3.07. The summed E-state index contributed by atoms with van der Waals surface area (Å²) in [4.78, 5) is 24.9. The van der Waals surface area contributed by atoms with E-state index >= 15 is 0 Å². The Morgan fingerprint density at radius 2 is 1.77 bits per heavy atom. The van der Waals surface area contributed by atoms with E-state index in [1.165, 1.54) is 0 Å². The molecule has 1 aromatic carbocycles. The largest absolute Gasteiger partial charge is 0.379 e. The first-order valence-electron chi connectivity index (χ1n) is 12.5. The summed E-state index contributed by atoms with van der Waals surface area (Å²) in [5.41, 5.74) is 0.855. The Morgan fingerprint density at radius 1 is 1.00 bits per heavy atom. The first kappa shape index (κ1) is 24.3. The summed E-state index contributed by atoms with van der Waals surface area (Å²) in [6.45, 7) is 6.33. The summed E-state index contributed by atoms with van der Waals surface area (Å²) < 4.78 is 49.7. The zero-order valence-corrected chi connectivity index (χ0v) is 20.1. The van der Waals surface area contributed by atoms with E-state index in [9.17, 15) is 18.0 Å². The number of imidazole rings is 1. The van der Waals surface area contributed by atoms with Crippen LogP contribution in [0.2, 0.25) is 0 Å². The molecule has 0 N–H and O–H groups in total. The van der Waals surface area contributed by atoms with Crippen molar-refractivity contribution in [2.45, 2.75) is 44.8 Å². The Balaban J connectivity index is 1.52. The number of carbonyl (C=O) groups is 1. The maximum Gasteiger partial charge on any atom is 0.274 e. The second-order valence-corrected chi connectivity index (χ2v) is 9.78. The molecule has 2 saturated heterocycles. The van der Waals surface area contributed by atoms with Gasteiger partial charge in [0.2, 0.25) is 0 Å². The number of benzene rings is 1. The summed E-state index contributed by atoms with van der Waals surface area (Å²) in [7, 11) is 1.97. The molecule has 1 aromatic heterocycles. The van der Waals surface area contributed by atoms with Crippen LogP contribution in [0.25, 0.3) is 11.4 Å². The summed E-state index contributed by atoms with van der Waals surface area (Å²) in [6, 6.07) is 1.45. The van der Waals surface area contributed by atoms with Crippen molar-refractivity contribution in [2.75, 3.05) is 53.0 Å². The quantitative estimate of drug-likeness (QED) is 0.616. The molecule has 2 fully saturated rings. The summed E-state index contributed by atoms with van der Waals surface area (Å²) >= 11 is 0. The van der Waals surface area contributed by atoms with Gasteiger partial charge in [-0.3, -0.25) is 9.69 Å². The van der Waals surface area contributed by atoms with Crippen LogP contribution in [0.1, 0.15) is 41.9 Å². The number of piperidine rings is 1. The number of halogens is 3. The highest BCUT2D eigenvalue weighted by Gasteiger charge is 2.34. The Labute approximate surface area is 203 Å². The van der Waals surface area contributed by atoms with Crippen molar-refractivity contribution in [3.8, 4) is 11.4 Å². The molecule has 0 spiro atoms. The van der Waals surface area contributed by atoms with E-state index in [0.29, 0.717) is 44.6 Å². The number of amides is 1. The van der Waals surface area contributed by atoms with Crippen LogP contribution in [0.4, 0.5) is 13.2 Å². The van der Waals surface area contributed by atoms with Crippen LogP contribution >= 0.6 is 0 Å². The average molecular weight is 492 g/mol. The first-order valence-corrected chi connectivity index (χ1v) is 12.5. The van der Waals surface area contributed by atoms with Crippen LogP contribution in [-0.2, 0) is 17.8 Å². The second kappa shape index (κ2) is 10.3. The van der Waals surface area contributed by atoms with E-state index in [0.717, 1.165) is 57.9 Å². The predicted octanol–water partition coefficient (Wildman–Crippen LogP) is 3.13. The Morgan fingerprint density at radius 3 is 2.57 bits per heavy atom. The molecule has 1 amide bonds. The number of likely N-dealkylation sites (tertiary alicyclic amines) is 1. The molecule has 4 heterocycles. The Kier molecular flexibility index (Phi) is 7.13. The molecule has 2 aromatic rings. The molecule has 0 saturated carbocycles. The van der Waals surface area contributed by atoms with Gasteiger partial charge in [0.25, 0.3) is 5.91 Å². The summed E-state index contributed by atoms with van der Waals surface area (Å²) in [5, 5.41) is 0. The van der Waals surface area contributed by atoms with Crippen molar-refractivity contribution in [1.29, 1.82) is 0 Å². The standard InChI is InChI=1S/C25H32F3N5O2/c1-30-6-4-8-33-22(16-30)23(29-24(33)18-13-20(27)21(28)14-19(18)26)25(34)32-7-3-2-5-17(32)15-31-9-11-35-12-10-31/h13-14,17H,2-12,15-16H2,1H3. The number of ether oxygens (including phenoxy) is 1. The maximum absolute atomic E-state index is 14.8. The molecular formula is C25H32F3N5O2. The van der Waals surface area contributed by atoms with Gasteiger partial charge in [-0.1, -0.05) is 0 Å². The van der Waals surface area contributed by atoms with E-state index in [-0.39, 0.29) is 29.0 Å². The third-order valence-corrected chi connectivity index (χ3v) is 7.33. The molecule has 0 bridgehead atoms. The molecule has 0 aliphatic carbocycles. The predicted molar refractivity (Wildman–Crippen MR) is 124 cm³/mol. The van der Waals surface area contributed by atoms with Crippen LogP contribution in [0, 0.1) is 17.5 Å². The lowest BCUT2D eigenvalue weighted by atomic mass is 10.0. The van der Waals surface area contributed by atoms with Crippen molar-refractivity contribution in [2.24, 2.45) is 0 Å². The zero-order valence-electron chi connectivity index (χ0n) is 20.1. The number of hydrogen-bond donors (Lipinski definition) is 0. The first-order chi connectivity index (χ1) is 16.9. The topological polar surface area (TPSA) is 53.8 Å². The van der Waals surface area contributed by atoms with E-state index in [1.54, 1.807) is 0 Å². The van der Waals surface area contributed by atoms with Gasteiger partial charge in [-0.2, -0.15) is 0 Å². The van der Waals surface area contributed by atoms with Crippen LogP contribution in [0.3, 0.4) is 0 Å². The highest BCUT2D eigenvalue weighted by molar-refractivity contribution is 5.94. The number of rotatable bonds is 4. The van der Waals surface area contributed by atoms with E-state index in [1.807, 2.05) is 16.5 Å². The molecule has 0 radical (unpaired) electrons. The molecule has 190 valence electrons. The van der Waals surface area contributed by atoms with Gasteiger partial charge < -0.3 is 19.1 Å². The fourth-order valence-electron chi connectivity index (χ4n) is 5.47. The molecule has 1 atom stereocenters. The van der Waals surface area contributed by atoms with Crippen molar-refractivity contribution in [3.05, 3.63) is 41.0 Å². The smallest absolute Gasteiger partial charge is 0.274 e. The Hall–Kier alpha value is -2.43. The van der Waals surface area contributed by atoms with E-state index in [4.69, 9.17) is 4.74 Å². The lowest BCUT2D eigenvalue weighted by Gasteiger charge is -2.39. The number of morpholine rings is 1. The van der Waals surface area contributed by atoms with Gasteiger partial charge in [-0.25, -0.2) is 18.2 Å². The minimum Gasteiger partial charge on any atom is -0.379 e. The fraction of sp³-hybridized carbons (Fsp3) is 0.600. The highest BCUT2D eigenvalue weighted by Crippen LogP contribution is 2.31. The van der Waals surface area contributed by atoms with Gasteiger partial charge in [-0.05, 0) is 45.3 Å². The van der Waals surface area contributed by atoms with Gasteiger partial charge in [0, 0.05) is 51.4 Å². The van der Waals surface area contributed by atoms with Crippen molar-refractivity contribution < 1.29 is 22.7 Å². The van der Waals surface area contributed by atoms with Gasteiger partial charge in [0.15, 0.2) is 17.3 Å². The van der Waals surface area contributed by atoms with Gasteiger partial charge >= 0.3 is 0 Å². The molecule has 3 aliphatic heterocycles. The summed E-state index contributed by atoms with van der Waals surface area (Å²) in [5.74, 6) is -3.27. The minimum atomic E-state index is -1.25. The van der Waals surface area contributed by atoms with Gasteiger partial charge in [0.1, 0.15) is 11.6 Å². The molecule has 10 heteroatoms. The number of nitrogens with zero attached hydrogens (tertiary/aromatic N) is 5. The maximum atomic E-state index is 14.8. The normalized spacial score (nSPS) is 22.2. The van der Waals surface area contributed by atoms with Gasteiger partial charge in [0.05, 0.1) is 24.5 Å². The highest BCUT2D eigenvalue weighted by atomic mass is 19.2. The van der Waals surface area contributed by atoms with Crippen LogP contribution in [-0.4, -0.2) is 89.2 Å². The summed E-state index contributed by atoms with van der Waals surface area (Å²) in [6.07, 6.45) is 3.68. The molecule has 5 rings (SSSR count). The van der Waals surface area contributed by atoms with E-state index in [2.05, 4.69) is 14.8 Å². The lowest BCUT2D eigenvalue weighted by molar-refractivity contribution is 0.0164. The third kappa shape index (κ3) is 4.96. The van der Waals surface area contributed by atoms with E-state index < -0.39 is 17.5 Å². The number of hydrogen-bond acceptors (Lipinski definition) is 5. The van der Waals surface area contributed by atoms with Crippen molar-refractivity contribution in [1.82, 2.24) is 24.3 Å². The number of fused-ring (bicyclic) bond motifs is 1. The molecule has 35 heavy (non-hydrogen) atoms. The van der Waals surface area contributed by atoms with Gasteiger partial charge in [-0.15, -0.1) is 0 Å². The number of carbonyl (C=O) groups excluding carboxylic acids is 1. The van der Waals surface area contributed by atoms with Crippen LogP contribution in [0.5, 0.6) is 0 Å².